The molecule has 3 rings (SSSR count). The van der Waals surface area contributed by atoms with Gasteiger partial charge in [-0.3, -0.25) is 10.1 Å². The minimum Gasteiger partial charge on any atom is -0.459 e. The molecule has 3 aromatic rings. The Labute approximate surface area is 167 Å². The largest absolute Gasteiger partial charge is 0.459 e. The van der Waals surface area contributed by atoms with Gasteiger partial charge in [-0.05, 0) is 63.3 Å². The highest BCUT2D eigenvalue weighted by Crippen LogP contribution is 2.24. The summed E-state index contributed by atoms with van der Waals surface area (Å²) >= 11 is 5.20. The second-order valence-electron chi connectivity index (χ2n) is 6.49. The molecule has 28 heavy (non-hydrogen) atoms. The fourth-order valence-corrected chi connectivity index (χ4v) is 2.90. The van der Waals surface area contributed by atoms with Gasteiger partial charge in [0.1, 0.15) is 5.58 Å². The maximum atomic E-state index is 12.5. The zero-order chi connectivity index (χ0) is 20.3. The molecule has 144 valence electrons. The Morgan fingerprint density at radius 2 is 1.75 bits per heavy atom. The summed E-state index contributed by atoms with van der Waals surface area (Å²) in [5, 5.41) is 6.53. The number of anilines is 1. The summed E-state index contributed by atoms with van der Waals surface area (Å²) in [7, 11) is 0. The first-order valence-corrected chi connectivity index (χ1v) is 9.17. The Morgan fingerprint density at radius 3 is 2.39 bits per heavy atom. The highest BCUT2D eigenvalue weighted by Gasteiger charge is 2.18. The Hall–Kier alpha value is -3.19. The molecule has 0 aliphatic carbocycles. The van der Waals surface area contributed by atoms with Gasteiger partial charge in [-0.2, -0.15) is 0 Å². The van der Waals surface area contributed by atoms with E-state index >= 15 is 0 Å². The SMILES string of the molecule is Cc1c(C(=O)NC(=S)Nc2ccc(C(=O)OC(C)C)cc2)oc2ccccc12. The third kappa shape index (κ3) is 4.37. The molecule has 6 nitrogen and oxygen atoms in total. The van der Waals surface area contributed by atoms with Crippen LogP contribution in [0.3, 0.4) is 0 Å². The van der Waals surface area contributed by atoms with E-state index in [0.717, 1.165) is 10.9 Å². The van der Waals surface area contributed by atoms with Gasteiger partial charge in [0.25, 0.3) is 5.91 Å². The number of thiocarbonyl (C=S) groups is 1. The number of hydrogen-bond acceptors (Lipinski definition) is 5. The first-order valence-electron chi connectivity index (χ1n) is 8.76. The first kappa shape index (κ1) is 19.6. The van der Waals surface area contributed by atoms with E-state index in [4.69, 9.17) is 21.4 Å². The number of para-hydroxylation sites is 1. The summed E-state index contributed by atoms with van der Waals surface area (Å²) in [6.07, 6.45) is -0.185. The molecule has 0 radical (unpaired) electrons. The summed E-state index contributed by atoms with van der Waals surface area (Å²) in [5.41, 5.74) is 2.47. The quantitative estimate of drug-likeness (QED) is 0.501. The molecule has 1 aromatic heterocycles. The van der Waals surface area contributed by atoms with Crippen molar-refractivity contribution >= 4 is 45.9 Å². The third-order valence-corrected chi connectivity index (χ3v) is 4.20. The first-order chi connectivity index (χ1) is 13.3. The number of aryl methyl sites for hydroxylation is 1. The number of carbonyl (C=O) groups excluding carboxylic acids is 2. The van der Waals surface area contributed by atoms with Crippen LogP contribution < -0.4 is 10.6 Å². The van der Waals surface area contributed by atoms with Gasteiger partial charge in [-0.15, -0.1) is 0 Å². The smallest absolute Gasteiger partial charge is 0.338 e. The monoisotopic (exact) mass is 396 g/mol. The van der Waals surface area contributed by atoms with Crippen molar-refractivity contribution in [3.8, 4) is 0 Å². The molecular formula is C21H20N2O4S. The number of amides is 1. The van der Waals surface area contributed by atoms with Gasteiger partial charge >= 0.3 is 5.97 Å². The average Bonchev–Trinajstić information content (AvgIpc) is 2.99. The minimum absolute atomic E-state index is 0.127. The third-order valence-electron chi connectivity index (χ3n) is 4.00. The van der Waals surface area contributed by atoms with E-state index in [1.54, 1.807) is 38.1 Å². The molecule has 2 N–H and O–H groups in total. The number of ether oxygens (including phenoxy) is 1. The van der Waals surface area contributed by atoms with Crippen LogP contribution in [0.15, 0.2) is 52.9 Å². The molecular weight excluding hydrogens is 376 g/mol. The van der Waals surface area contributed by atoms with Crippen LogP contribution in [0.25, 0.3) is 11.0 Å². The number of carbonyl (C=O) groups is 2. The van der Waals surface area contributed by atoms with Crippen molar-refractivity contribution in [2.45, 2.75) is 26.9 Å². The van der Waals surface area contributed by atoms with Crippen LogP contribution in [0.1, 0.15) is 40.3 Å². The van der Waals surface area contributed by atoms with Crippen LogP contribution in [-0.4, -0.2) is 23.1 Å². The highest BCUT2D eigenvalue weighted by molar-refractivity contribution is 7.80. The average molecular weight is 396 g/mol. The van der Waals surface area contributed by atoms with Gasteiger partial charge in [0, 0.05) is 16.6 Å². The molecule has 0 saturated heterocycles. The standard InChI is InChI=1S/C21H20N2O4S/c1-12(2)26-20(25)14-8-10-15(11-9-14)22-21(28)23-19(24)18-13(3)16-6-4-5-7-17(16)27-18/h4-12H,1-3H3,(H2,22,23,24,28). The molecule has 0 saturated carbocycles. The van der Waals surface area contributed by atoms with Crippen molar-refractivity contribution in [1.29, 1.82) is 0 Å². The molecule has 0 aliphatic heterocycles. The molecule has 0 aliphatic rings. The molecule has 1 heterocycles. The fraction of sp³-hybridized carbons (Fsp3) is 0.190. The number of nitrogens with one attached hydrogen (secondary N) is 2. The van der Waals surface area contributed by atoms with Crippen molar-refractivity contribution in [3.05, 3.63) is 65.4 Å². The van der Waals surface area contributed by atoms with Crippen molar-refractivity contribution < 1.29 is 18.7 Å². The predicted octanol–water partition coefficient (Wildman–Crippen LogP) is 4.43. The lowest BCUT2D eigenvalue weighted by molar-refractivity contribution is 0.0378. The van der Waals surface area contributed by atoms with Gasteiger partial charge < -0.3 is 14.5 Å². The zero-order valence-electron chi connectivity index (χ0n) is 15.7. The van der Waals surface area contributed by atoms with Gasteiger partial charge in [-0.1, -0.05) is 18.2 Å². The maximum absolute atomic E-state index is 12.5. The van der Waals surface area contributed by atoms with Gasteiger partial charge in [0.05, 0.1) is 11.7 Å². The van der Waals surface area contributed by atoms with E-state index in [0.29, 0.717) is 16.8 Å². The van der Waals surface area contributed by atoms with Crippen molar-refractivity contribution in [2.24, 2.45) is 0 Å². The highest BCUT2D eigenvalue weighted by atomic mass is 32.1. The summed E-state index contributed by atoms with van der Waals surface area (Å²) in [4.78, 5) is 24.3. The molecule has 0 fully saturated rings. The van der Waals surface area contributed by atoms with Crippen LogP contribution in [-0.2, 0) is 4.74 Å². The summed E-state index contributed by atoms with van der Waals surface area (Å²) in [5.74, 6) is -0.599. The Morgan fingerprint density at radius 1 is 1.07 bits per heavy atom. The summed E-state index contributed by atoms with van der Waals surface area (Å²) in [6.45, 7) is 5.41. The lowest BCUT2D eigenvalue weighted by atomic mass is 10.1. The van der Waals surface area contributed by atoms with Crippen LogP contribution in [0.5, 0.6) is 0 Å². The van der Waals surface area contributed by atoms with Crippen molar-refractivity contribution in [3.63, 3.8) is 0 Å². The van der Waals surface area contributed by atoms with Crippen LogP contribution in [0, 0.1) is 6.92 Å². The summed E-state index contributed by atoms with van der Waals surface area (Å²) < 4.78 is 10.8. The number of furan rings is 1. The van der Waals surface area contributed by atoms with E-state index < -0.39 is 11.9 Å². The maximum Gasteiger partial charge on any atom is 0.338 e. The van der Waals surface area contributed by atoms with Gasteiger partial charge in [0.2, 0.25) is 0 Å². The lowest BCUT2D eigenvalue weighted by Crippen LogP contribution is -2.34. The number of fused-ring (bicyclic) bond motifs is 1. The topological polar surface area (TPSA) is 80.6 Å². The van der Waals surface area contributed by atoms with Crippen LogP contribution >= 0.6 is 12.2 Å². The molecule has 0 unspecified atom stereocenters. The van der Waals surface area contributed by atoms with Gasteiger partial charge in [-0.25, -0.2) is 4.79 Å². The van der Waals surface area contributed by atoms with E-state index in [1.807, 2.05) is 31.2 Å². The molecule has 1 amide bonds. The second-order valence-corrected chi connectivity index (χ2v) is 6.90. The van der Waals surface area contributed by atoms with E-state index in [2.05, 4.69) is 10.6 Å². The normalized spacial score (nSPS) is 10.7. The number of benzene rings is 2. The molecule has 0 spiro atoms. The molecule has 7 heteroatoms. The number of rotatable bonds is 4. The lowest BCUT2D eigenvalue weighted by Gasteiger charge is -2.10. The zero-order valence-corrected chi connectivity index (χ0v) is 16.6. The number of esters is 1. The number of hydrogen-bond donors (Lipinski definition) is 2. The van der Waals surface area contributed by atoms with E-state index in [9.17, 15) is 9.59 Å². The van der Waals surface area contributed by atoms with Crippen molar-refractivity contribution in [1.82, 2.24) is 5.32 Å². The Kier molecular flexibility index (Phi) is 5.75. The minimum atomic E-state index is -0.427. The van der Waals surface area contributed by atoms with E-state index in [1.165, 1.54) is 0 Å². The van der Waals surface area contributed by atoms with Crippen LogP contribution in [0.2, 0.25) is 0 Å². The van der Waals surface area contributed by atoms with Crippen molar-refractivity contribution in [2.75, 3.05) is 5.32 Å². The molecule has 2 aromatic carbocycles. The fourth-order valence-electron chi connectivity index (χ4n) is 2.68. The molecule has 0 bridgehead atoms. The predicted molar refractivity (Wildman–Crippen MR) is 112 cm³/mol. The Balaban J connectivity index is 1.64. The van der Waals surface area contributed by atoms with E-state index in [-0.39, 0.29) is 17.0 Å². The second kappa shape index (κ2) is 8.22. The summed E-state index contributed by atoms with van der Waals surface area (Å²) in [6, 6.07) is 14.1. The van der Waals surface area contributed by atoms with Gasteiger partial charge in [0.15, 0.2) is 10.9 Å². The Bertz CT molecular complexity index is 1040. The molecule has 0 atom stereocenters. The van der Waals surface area contributed by atoms with Crippen LogP contribution in [0.4, 0.5) is 5.69 Å².